The van der Waals surface area contributed by atoms with Gasteiger partial charge < -0.3 is 9.47 Å². The predicted molar refractivity (Wildman–Crippen MR) is 90.8 cm³/mol. The van der Waals surface area contributed by atoms with Crippen molar-refractivity contribution in [3.05, 3.63) is 35.9 Å². The monoisotopic (exact) mass is 348 g/mol. The van der Waals surface area contributed by atoms with Crippen LogP contribution in [-0.4, -0.2) is 36.7 Å². The third-order valence-corrected chi connectivity index (χ3v) is 3.86. The first-order chi connectivity index (χ1) is 11.8. The Morgan fingerprint density at radius 1 is 0.800 bits per heavy atom. The number of rotatable bonds is 9. The Labute approximate surface area is 147 Å². The van der Waals surface area contributed by atoms with Crippen molar-refractivity contribution in [2.45, 2.75) is 33.6 Å². The first-order valence-corrected chi connectivity index (χ1v) is 8.24. The Bertz CT molecular complexity index is 586. The highest BCUT2D eigenvalue weighted by molar-refractivity contribution is 6.04. The molecule has 0 amide bonds. The molecular formula is C19H24O6. The number of ether oxygens (including phenoxy) is 2. The van der Waals surface area contributed by atoms with E-state index in [4.69, 9.17) is 9.47 Å². The number of carbonyl (C=O) groups excluding carboxylic acids is 4. The van der Waals surface area contributed by atoms with E-state index >= 15 is 0 Å². The van der Waals surface area contributed by atoms with E-state index in [1.807, 2.05) is 0 Å². The van der Waals surface area contributed by atoms with E-state index in [1.165, 1.54) is 13.8 Å². The average molecular weight is 348 g/mol. The molecule has 0 heterocycles. The van der Waals surface area contributed by atoms with E-state index in [0.29, 0.717) is 5.56 Å². The topological polar surface area (TPSA) is 86.7 Å². The molecule has 0 N–H and O–H groups in total. The van der Waals surface area contributed by atoms with Crippen molar-refractivity contribution in [1.82, 2.24) is 0 Å². The Balaban J connectivity index is 3.50. The van der Waals surface area contributed by atoms with Gasteiger partial charge in [0.25, 0.3) is 0 Å². The molecule has 25 heavy (non-hydrogen) atoms. The summed E-state index contributed by atoms with van der Waals surface area (Å²) < 4.78 is 10.0. The van der Waals surface area contributed by atoms with Crippen LogP contribution in [0.2, 0.25) is 0 Å². The zero-order chi connectivity index (χ0) is 19.0. The molecule has 0 unspecified atom stereocenters. The highest BCUT2D eigenvalue weighted by Gasteiger charge is 2.45. The van der Waals surface area contributed by atoms with Crippen LogP contribution in [0.3, 0.4) is 0 Å². The van der Waals surface area contributed by atoms with Crippen LogP contribution in [0.4, 0.5) is 0 Å². The average Bonchev–Trinajstić information content (AvgIpc) is 2.54. The van der Waals surface area contributed by atoms with Crippen LogP contribution in [0.15, 0.2) is 30.3 Å². The first-order valence-electron chi connectivity index (χ1n) is 8.24. The quantitative estimate of drug-likeness (QED) is 0.503. The molecule has 0 aliphatic heterocycles. The van der Waals surface area contributed by atoms with E-state index < -0.39 is 41.3 Å². The van der Waals surface area contributed by atoms with Crippen LogP contribution in [-0.2, 0) is 28.7 Å². The third-order valence-electron chi connectivity index (χ3n) is 3.86. The lowest BCUT2D eigenvalue weighted by atomic mass is 9.73. The molecule has 1 aromatic carbocycles. The minimum atomic E-state index is -1.26. The van der Waals surface area contributed by atoms with Crippen LogP contribution in [0.1, 0.15) is 39.2 Å². The molecule has 0 saturated carbocycles. The van der Waals surface area contributed by atoms with Gasteiger partial charge >= 0.3 is 11.9 Å². The molecule has 0 radical (unpaired) electrons. The van der Waals surface area contributed by atoms with E-state index in [2.05, 4.69) is 0 Å². The van der Waals surface area contributed by atoms with E-state index in [-0.39, 0.29) is 13.2 Å². The Morgan fingerprint density at radius 3 is 1.52 bits per heavy atom. The van der Waals surface area contributed by atoms with Gasteiger partial charge in [0.2, 0.25) is 0 Å². The summed E-state index contributed by atoms with van der Waals surface area (Å²) in [5.74, 6) is -5.94. The molecule has 0 fully saturated rings. The lowest BCUT2D eigenvalue weighted by Crippen LogP contribution is -2.40. The summed E-state index contributed by atoms with van der Waals surface area (Å²) in [5.41, 5.74) is 0.531. The van der Waals surface area contributed by atoms with Crippen LogP contribution < -0.4 is 0 Å². The number of hydrogen-bond donors (Lipinski definition) is 0. The van der Waals surface area contributed by atoms with Gasteiger partial charge in [-0.15, -0.1) is 0 Å². The Hall–Kier alpha value is -2.50. The highest BCUT2D eigenvalue weighted by atomic mass is 16.5. The zero-order valence-electron chi connectivity index (χ0n) is 15.0. The number of hydrogen-bond acceptors (Lipinski definition) is 6. The molecule has 0 bridgehead atoms. The van der Waals surface area contributed by atoms with Gasteiger partial charge in [-0.2, -0.15) is 0 Å². The van der Waals surface area contributed by atoms with Gasteiger partial charge in [-0.3, -0.25) is 19.2 Å². The van der Waals surface area contributed by atoms with E-state index in [0.717, 1.165) is 0 Å². The number of esters is 2. The maximum absolute atomic E-state index is 12.4. The molecule has 6 heteroatoms. The largest absolute Gasteiger partial charge is 0.465 e. The first kappa shape index (κ1) is 20.5. The van der Waals surface area contributed by atoms with Crippen molar-refractivity contribution in [2.75, 3.05) is 13.2 Å². The second-order valence-corrected chi connectivity index (χ2v) is 5.62. The normalized spacial score (nSPS) is 13.0. The SMILES string of the molecule is CCOC(=O)[C@H](C(C)=O)C(c1ccccc1)[C@@H](C(C)=O)C(=O)OCC. The second kappa shape index (κ2) is 9.71. The zero-order valence-corrected chi connectivity index (χ0v) is 15.0. The fourth-order valence-corrected chi connectivity index (χ4v) is 2.85. The van der Waals surface area contributed by atoms with E-state index in [9.17, 15) is 19.2 Å². The summed E-state index contributed by atoms with van der Waals surface area (Å²) in [4.78, 5) is 49.2. The molecule has 6 nitrogen and oxygen atoms in total. The van der Waals surface area contributed by atoms with Gasteiger partial charge in [0.1, 0.15) is 23.4 Å². The molecule has 1 aromatic rings. The lowest BCUT2D eigenvalue weighted by Gasteiger charge is -2.29. The Kier molecular flexibility index (Phi) is 7.98. The predicted octanol–water partition coefficient (Wildman–Crippen LogP) is 2.31. The second-order valence-electron chi connectivity index (χ2n) is 5.62. The summed E-state index contributed by atoms with van der Waals surface area (Å²) >= 11 is 0. The minimum absolute atomic E-state index is 0.0915. The molecule has 1 rings (SSSR count). The fourth-order valence-electron chi connectivity index (χ4n) is 2.85. The molecule has 0 aromatic heterocycles. The van der Waals surface area contributed by atoms with E-state index in [1.54, 1.807) is 44.2 Å². The van der Waals surface area contributed by atoms with Crippen LogP contribution in [0.5, 0.6) is 0 Å². The molecule has 136 valence electrons. The fraction of sp³-hybridized carbons (Fsp3) is 0.474. The summed E-state index contributed by atoms with van der Waals surface area (Å²) in [6.07, 6.45) is 0. The van der Waals surface area contributed by atoms with Gasteiger partial charge in [-0.25, -0.2) is 0 Å². The van der Waals surface area contributed by atoms with Crippen molar-refractivity contribution in [3.63, 3.8) is 0 Å². The van der Waals surface area contributed by atoms with Gasteiger partial charge in [0, 0.05) is 5.92 Å². The lowest BCUT2D eigenvalue weighted by molar-refractivity contribution is -0.157. The van der Waals surface area contributed by atoms with Crippen LogP contribution >= 0.6 is 0 Å². The van der Waals surface area contributed by atoms with Crippen molar-refractivity contribution in [2.24, 2.45) is 11.8 Å². The maximum Gasteiger partial charge on any atom is 0.317 e. The number of Topliss-reactive ketones (excluding diaryl/α,β-unsaturated/α-hetero) is 2. The summed E-state index contributed by atoms with van der Waals surface area (Å²) in [6.45, 7) is 5.93. The number of ketones is 2. The van der Waals surface area contributed by atoms with Crippen LogP contribution in [0, 0.1) is 11.8 Å². The third kappa shape index (κ3) is 5.24. The van der Waals surface area contributed by atoms with Gasteiger partial charge in [0.05, 0.1) is 13.2 Å². The van der Waals surface area contributed by atoms with Crippen LogP contribution in [0.25, 0.3) is 0 Å². The van der Waals surface area contributed by atoms with Gasteiger partial charge in [-0.1, -0.05) is 30.3 Å². The highest BCUT2D eigenvalue weighted by Crippen LogP contribution is 2.35. The molecule has 0 spiro atoms. The van der Waals surface area contributed by atoms with Crippen molar-refractivity contribution >= 4 is 23.5 Å². The maximum atomic E-state index is 12.4. The van der Waals surface area contributed by atoms with Gasteiger partial charge in [-0.05, 0) is 33.3 Å². The molecular weight excluding hydrogens is 324 g/mol. The molecule has 0 aliphatic carbocycles. The standard InChI is InChI=1S/C19H24O6/c1-5-24-18(22)15(12(3)20)17(14-10-8-7-9-11-14)16(13(4)21)19(23)25-6-2/h7-11,15-17H,5-6H2,1-4H3/t15-,16-/m1/s1. The van der Waals surface area contributed by atoms with Crippen molar-refractivity contribution in [1.29, 1.82) is 0 Å². The summed E-state index contributed by atoms with van der Waals surface area (Å²) in [6, 6.07) is 8.55. The number of benzene rings is 1. The molecule has 0 aliphatic rings. The smallest absolute Gasteiger partial charge is 0.317 e. The summed E-state index contributed by atoms with van der Waals surface area (Å²) in [7, 11) is 0. The van der Waals surface area contributed by atoms with Crippen molar-refractivity contribution < 1.29 is 28.7 Å². The Morgan fingerprint density at radius 2 is 1.20 bits per heavy atom. The van der Waals surface area contributed by atoms with Crippen molar-refractivity contribution in [3.8, 4) is 0 Å². The summed E-state index contributed by atoms with van der Waals surface area (Å²) in [5, 5.41) is 0. The minimum Gasteiger partial charge on any atom is -0.465 e. The number of carbonyl (C=O) groups is 4. The molecule has 0 saturated heterocycles. The van der Waals surface area contributed by atoms with Gasteiger partial charge in [0.15, 0.2) is 0 Å². The molecule has 2 atom stereocenters.